The lowest BCUT2D eigenvalue weighted by Crippen LogP contribution is -2.14. The van der Waals surface area contributed by atoms with Gasteiger partial charge in [-0.25, -0.2) is 15.0 Å². The monoisotopic (exact) mass is 741 g/mol. The minimum atomic E-state index is -0.0887. The summed E-state index contributed by atoms with van der Waals surface area (Å²) in [7, 11) is 0. The zero-order valence-corrected chi connectivity index (χ0v) is 32.0. The zero-order chi connectivity index (χ0) is 38.5. The van der Waals surface area contributed by atoms with Gasteiger partial charge in [0.25, 0.3) is 0 Å². The third-order valence-electron chi connectivity index (χ3n) is 12.3. The average molecular weight is 742 g/mol. The lowest BCUT2D eigenvalue weighted by atomic mass is 9.82. The maximum Gasteiger partial charge on any atom is 0.164 e. The van der Waals surface area contributed by atoms with Crippen molar-refractivity contribution in [3.8, 4) is 56.4 Å². The molecule has 0 saturated heterocycles. The molecule has 12 rings (SSSR count). The average Bonchev–Trinajstić information content (AvgIpc) is 3.76. The van der Waals surface area contributed by atoms with Crippen LogP contribution in [-0.2, 0) is 5.41 Å². The lowest BCUT2D eigenvalue weighted by Gasteiger charge is -2.21. The van der Waals surface area contributed by atoms with Gasteiger partial charge in [0.15, 0.2) is 17.5 Å². The molecule has 0 atom stereocenters. The van der Waals surface area contributed by atoms with Crippen molar-refractivity contribution in [1.82, 2.24) is 15.0 Å². The Bertz CT molecular complexity index is 3470. The quantitative estimate of drug-likeness (QED) is 0.169. The van der Waals surface area contributed by atoms with Crippen molar-refractivity contribution in [1.29, 1.82) is 0 Å². The molecule has 0 spiro atoms. The summed E-state index contributed by atoms with van der Waals surface area (Å²) in [6.45, 7) is 4.61. The summed E-state index contributed by atoms with van der Waals surface area (Å²) in [5, 5.41) is 9.31. The first kappa shape index (κ1) is 32.8. The highest BCUT2D eigenvalue weighted by Crippen LogP contribution is 2.49. The predicted octanol–water partition coefficient (Wildman–Crippen LogP) is 14.2. The van der Waals surface area contributed by atoms with Crippen LogP contribution in [0, 0.1) is 0 Å². The molecule has 4 heteroatoms. The molecule has 58 heavy (non-hydrogen) atoms. The van der Waals surface area contributed by atoms with Gasteiger partial charge in [0.05, 0.1) is 0 Å². The summed E-state index contributed by atoms with van der Waals surface area (Å²) >= 11 is 0. The molecule has 0 fully saturated rings. The van der Waals surface area contributed by atoms with Crippen molar-refractivity contribution in [3.05, 3.63) is 187 Å². The van der Waals surface area contributed by atoms with E-state index in [9.17, 15) is 0 Å². The Morgan fingerprint density at radius 2 is 0.845 bits per heavy atom. The van der Waals surface area contributed by atoms with Crippen LogP contribution in [0.4, 0.5) is 0 Å². The number of furan rings is 1. The van der Waals surface area contributed by atoms with Gasteiger partial charge in [0.2, 0.25) is 0 Å². The molecule has 0 bridgehead atoms. The summed E-state index contributed by atoms with van der Waals surface area (Å²) in [6, 6.07) is 62.5. The number of benzene rings is 9. The molecule has 0 amide bonds. The standard InChI is InChI=1S/C54H35N3O/c1-54(2)47-18-10-8-16-40(47)45-29-36(25-27-48(45)54)53-56-51(34-22-20-33(21-23-34)32-12-4-3-5-13-32)55-52(57-53)35-24-26-39-42(28-35)37-14-6-7-15-38(37)43-30-46-41-17-9-11-19-49(41)58-50(46)31-44(39)43/h3-31H,1-2H3. The molecule has 11 aromatic rings. The maximum absolute atomic E-state index is 6.39. The number of para-hydroxylation sites is 1. The van der Waals surface area contributed by atoms with Gasteiger partial charge >= 0.3 is 0 Å². The predicted molar refractivity (Wildman–Crippen MR) is 239 cm³/mol. The molecular weight excluding hydrogens is 707 g/mol. The van der Waals surface area contributed by atoms with Crippen LogP contribution in [0.2, 0.25) is 0 Å². The molecule has 0 unspecified atom stereocenters. The molecule has 9 aromatic carbocycles. The Morgan fingerprint density at radius 1 is 0.328 bits per heavy atom. The topological polar surface area (TPSA) is 51.8 Å². The fourth-order valence-corrected chi connectivity index (χ4v) is 9.38. The van der Waals surface area contributed by atoms with Crippen LogP contribution in [0.15, 0.2) is 180 Å². The van der Waals surface area contributed by atoms with Gasteiger partial charge in [-0.15, -0.1) is 0 Å². The molecule has 1 aliphatic rings. The van der Waals surface area contributed by atoms with Gasteiger partial charge in [-0.3, -0.25) is 0 Å². The summed E-state index contributed by atoms with van der Waals surface area (Å²) in [5.74, 6) is 1.91. The number of fused-ring (bicyclic) bond motifs is 12. The normalized spacial score (nSPS) is 13.1. The van der Waals surface area contributed by atoms with E-state index in [2.05, 4.69) is 172 Å². The highest BCUT2D eigenvalue weighted by atomic mass is 16.3. The first-order valence-electron chi connectivity index (χ1n) is 19.8. The molecule has 4 nitrogen and oxygen atoms in total. The first-order valence-corrected chi connectivity index (χ1v) is 19.8. The van der Waals surface area contributed by atoms with E-state index in [0.29, 0.717) is 17.5 Å². The number of nitrogens with zero attached hydrogens (tertiary/aromatic N) is 3. The van der Waals surface area contributed by atoms with Crippen molar-refractivity contribution in [3.63, 3.8) is 0 Å². The minimum absolute atomic E-state index is 0.0887. The first-order chi connectivity index (χ1) is 28.5. The number of hydrogen-bond acceptors (Lipinski definition) is 4. The van der Waals surface area contributed by atoms with Crippen molar-refractivity contribution < 1.29 is 4.42 Å². The Labute approximate surface area is 335 Å². The molecular formula is C54H35N3O. The Kier molecular flexibility index (Phi) is 6.94. The molecule has 2 aromatic heterocycles. The van der Waals surface area contributed by atoms with E-state index in [4.69, 9.17) is 19.4 Å². The van der Waals surface area contributed by atoms with Crippen LogP contribution < -0.4 is 0 Å². The van der Waals surface area contributed by atoms with E-state index in [1.165, 1.54) is 44.0 Å². The van der Waals surface area contributed by atoms with Crippen LogP contribution >= 0.6 is 0 Å². The van der Waals surface area contributed by atoms with Crippen LogP contribution in [0.25, 0.3) is 111 Å². The van der Waals surface area contributed by atoms with Crippen LogP contribution in [0.3, 0.4) is 0 Å². The maximum atomic E-state index is 6.39. The minimum Gasteiger partial charge on any atom is -0.456 e. The Hall–Kier alpha value is -7.43. The third kappa shape index (κ3) is 4.91. The Balaban J connectivity index is 1.06. The summed E-state index contributed by atoms with van der Waals surface area (Å²) in [4.78, 5) is 15.7. The molecule has 272 valence electrons. The van der Waals surface area contributed by atoms with Crippen molar-refractivity contribution in [2.24, 2.45) is 0 Å². The fraction of sp³-hybridized carbons (Fsp3) is 0.0556. The second-order valence-corrected chi connectivity index (χ2v) is 16.0. The van der Waals surface area contributed by atoms with E-state index >= 15 is 0 Å². The molecule has 2 heterocycles. The van der Waals surface area contributed by atoms with E-state index in [1.807, 2.05) is 18.2 Å². The molecule has 0 saturated carbocycles. The van der Waals surface area contributed by atoms with E-state index < -0.39 is 0 Å². The van der Waals surface area contributed by atoms with E-state index in [0.717, 1.165) is 60.4 Å². The second kappa shape index (κ2) is 12.3. The summed E-state index contributed by atoms with van der Waals surface area (Å²) in [5.41, 5.74) is 12.0. The van der Waals surface area contributed by atoms with Gasteiger partial charge in [-0.2, -0.15) is 0 Å². The number of hydrogen-bond donors (Lipinski definition) is 0. The van der Waals surface area contributed by atoms with E-state index in [1.54, 1.807) is 0 Å². The van der Waals surface area contributed by atoms with Gasteiger partial charge in [0, 0.05) is 32.9 Å². The Morgan fingerprint density at radius 3 is 1.62 bits per heavy atom. The molecule has 0 N–H and O–H groups in total. The van der Waals surface area contributed by atoms with Gasteiger partial charge in [-0.1, -0.05) is 159 Å². The number of rotatable bonds is 4. The smallest absolute Gasteiger partial charge is 0.164 e. The fourth-order valence-electron chi connectivity index (χ4n) is 9.38. The highest BCUT2D eigenvalue weighted by Gasteiger charge is 2.35. The van der Waals surface area contributed by atoms with Crippen molar-refractivity contribution in [2.75, 3.05) is 0 Å². The highest BCUT2D eigenvalue weighted by molar-refractivity contribution is 6.28. The van der Waals surface area contributed by atoms with Crippen LogP contribution in [0.1, 0.15) is 25.0 Å². The summed E-state index contributed by atoms with van der Waals surface area (Å²) < 4.78 is 6.39. The SMILES string of the molecule is CC1(C)c2ccccc2-c2cc(-c3nc(-c4ccc(-c5ccccc5)cc4)nc(-c4ccc5c(c4)c4ccccc4c4cc6c(cc54)oc4ccccc46)n3)ccc21. The van der Waals surface area contributed by atoms with Crippen LogP contribution in [0.5, 0.6) is 0 Å². The number of aromatic nitrogens is 3. The van der Waals surface area contributed by atoms with Gasteiger partial charge in [-0.05, 0) is 96.0 Å². The van der Waals surface area contributed by atoms with Crippen molar-refractivity contribution in [2.45, 2.75) is 19.3 Å². The molecule has 0 radical (unpaired) electrons. The van der Waals surface area contributed by atoms with Gasteiger partial charge < -0.3 is 4.42 Å². The molecule has 0 aliphatic heterocycles. The largest absolute Gasteiger partial charge is 0.456 e. The summed E-state index contributed by atoms with van der Waals surface area (Å²) in [6.07, 6.45) is 0. The van der Waals surface area contributed by atoms with Crippen LogP contribution in [-0.4, -0.2) is 15.0 Å². The van der Waals surface area contributed by atoms with Crippen molar-refractivity contribution >= 4 is 54.3 Å². The second-order valence-electron chi connectivity index (χ2n) is 16.0. The van der Waals surface area contributed by atoms with E-state index in [-0.39, 0.29) is 5.41 Å². The zero-order valence-electron chi connectivity index (χ0n) is 32.0. The third-order valence-corrected chi connectivity index (χ3v) is 12.3. The van der Waals surface area contributed by atoms with Gasteiger partial charge in [0.1, 0.15) is 11.2 Å². The lowest BCUT2D eigenvalue weighted by molar-refractivity contribution is 0.660. The molecule has 1 aliphatic carbocycles.